The van der Waals surface area contributed by atoms with Crippen molar-refractivity contribution in [2.75, 3.05) is 0 Å². The minimum absolute atomic E-state index is 0.366. The Balaban J connectivity index is 1.90. The fourth-order valence-corrected chi connectivity index (χ4v) is 4.87. The molecule has 2 aliphatic carbocycles. The molecule has 6 nitrogen and oxygen atoms in total. The molecule has 30 heavy (non-hydrogen) atoms. The zero-order chi connectivity index (χ0) is 20.8. The number of hydrogen-bond acceptors (Lipinski definition) is 6. The quantitative estimate of drug-likeness (QED) is 0.482. The first-order valence-corrected chi connectivity index (χ1v) is 9.61. The summed E-state index contributed by atoms with van der Waals surface area (Å²) in [6.45, 7) is 0. The molecule has 2 N–H and O–H groups in total. The van der Waals surface area contributed by atoms with Crippen LogP contribution in [0.5, 0.6) is 11.5 Å². The van der Waals surface area contributed by atoms with Crippen LogP contribution in [-0.4, -0.2) is 10.5 Å². The van der Waals surface area contributed by atoms with Crippen molar-refractivity contribution in [2.24, 2.45) is 0 Å². The molecule has 0 saturated carbocycles. The average Bonchev–Trinajstić information content (AvgIpc) is 2.81. The molecule has 0 spiro atoms. The molecule has 3 aromatic carbocycles. The Morgan fingerprint density at radius 1 is 0.667 bits per heavy atom. The lowest BCUT2D eigenvalue weighted by atomic mass is 9.72. The largest absolute Gasteiger partial charge is 0.340 e. The maximum Gasteiger partial charge on any atom is 0.165 e. The number of nitriles is 2. The van der Waals surface area contributed by atoms with Crippen molar-refractivity contribution in [1.29, 1.82) is 10.5 Å². The van der Waals surface area contributed by atoms with Crippen LogP contribution < -0.4 is 9.78 Å². The normalized spacial score (nSPS) is 13.1. The Labute approximate surface area is 172 Å². The van der Waals surface area contributed by atoms with Crippen molar-refractivity contribution in [3.05, 3.63) is 69.8 Å². The maximum atomic E-state index is 9.90. The van der Waals surface area contributed by atoms with Gasteiger partial charge < -0.3 is 9.78 Å². The van der Waals surface area contributed by atoms with E-state index in [1.807, 2.05) is 12.1 Å². The maximum absolute atomic E-state index is 9.90. The van der Waals surface area contributed by atoms with E-state index in [9.17, 15) is 10.5 Å². The first-order valence-electron chi connectivity index (χ1n) is 9.61. The molecule has 0 radical (unpaired) electrons. The fourth-order valence-electron chi connectivity index (χ4n) is 4.87. The van der Waals surface area contributed by atoms with Gasteiger partial charge in [0.05, 0.1) is 11.1 Å². The summed E-state index contributed by atoms with van der Waals surface area (Å²) in [5.74, 6) is 0.732. The van der Waals surface area contributed by atoms with E-state index in [1.54, 1.807) is 24.3 Å². The van der Waals surface area contributed by atoms with Gasteiger partial charge in [0.15, 0.2) is 11.5 Å². The molecule has 146 valence electrons. The highest BCUT2D eigenvalue weighted by molar-refractivity contribution is 5.95. The minimum atomic E-state index is 0.366. The van der Waals surface area contributed by atoms with Gasteiger partial charge in [0.2, 0.25) is 0 Å². The molecule has 0 fully saturated rings. The SMILES string of the molecule is N#Cc1c(C#N)c2c(c3c1CCc1cc(OO)ccc1-3)-c1ccc(OO)cc1CC2. The molecule has 0 unspecified atom stereocenters. The van der Waals surface area contributed by atoms with Crippen molar-refractivity contribution < 1.29 is 20.3 Å². The van der Waals surface area contributed by atoms with Gasteiger partial charge in [-0.3, -0.25) is 0 Å². The van der Waals surface area contributed by atoms with Gasteiger partial charge in [0, 0.05) is 0 Å². The Hall–Kier alpha value is -3.84. The van der Waals surface area contributed by atoms with Crippen molar-refractivity contribution >= 4 is 0 Å². The number of benzene rings is 3. The van der Waals surface area contributed by atoms with Gasteiger partial charge in [-0.25, -0.2) is 10.5 Å². The number of fused-ring (bicyclic) bond motifs is 7. The van der Waals surface area contributed by atoms with E-state index in [0.29, 0.717) is 48.3 Å². The molecule has 6 heteroatoms. The lowest BCUT2D eigenvalue weighted by molar-refractivity contribution is -0.137. The van der Waals surface area contributed by atoms with Crippen LogP contribution in [0.4, 0.5) is 0 Å². The fraction of sp³-hybridized carbons (Fsp3) is 0.167. The highest BCUT2D eigenvalue weighted by Gasteiger charge is 2.32. The van der Waals surface area contributed by atoms with Gasteiger partial charge in [-0.2, -0.15) is 10.5 Å². The van der Waals surface area contributed by atoms with Crippen LogP contribution in [0.1, 0.15) is 33.4 Å². The van der Waals surface area contributed by atoms with E-state index in [1.165, 1.54) is 0 Å². The van der Waals surface area contributed by atoms with Crippen molar-refractivity contribution in [3.63, 3.8) is 0 Å². The summed E-state index contributed by atoms with van der Waals surface area (Å²) < 4.78 is 0. The van der Waals surface area contributed by atoms with Crippen LogP contribution in [0.15, 0.2) is 36.4 Å². The molecular weight excluding hydrogens is 380 g/mol. The highest BCUT2D eigenvalue weighted by Crippen LogP contribution is 2.49. The minimum Gasteiger partial charge on any atom is -0.340 e. The zero-order valence-electron chi connectivity index (χ0n) is 15.9. The van der Waals surface area contributed by atoms with Crippen LogP contribution in [0.3, 0.4) is 0 Å². The third kappa shape index (κ3) is 2.49. The molecule has 0 aliphatic heterocycles. The van der Waals surface area contributed by atoms with E-state index in [4.69, 9.17) is 10.5 Å². The number of rotatable bonds is 2. The predicted molar refractivity (Wildman–Crippen MR) is 108 cm³/mol. The van der Waals surface area contributed by atoms with Crippen LogP contribution in [0.25, 0.3) is 22.3 Å². The summed E-state index contributed by atoms with van der Waals surface area (Å²) >= 11 is 0. The molecule has 2 aliphatic rings. The van der Waals surface area contributed by atoms with E-state index in [-0.39, 0.29) is 0 Å². The van der Waals surface area contributed by atoms with E-state index < -0.39 is 0 Å². The summed E-state index contributed by atoms with van der Waals surface area (Å²) in [6, 6.07) is 15.3. The molecule has 0 bridgehead atoms. The molecular formula is C24H16N2O4. The summed E-state index contributed by atoms with van der Waals surface area (Å²) in [6.07, 6.45) is 2.61. The Morgan fingerprint density at radius 3 is 1.47 bits per heavy atom. The molecule has 5 rings (SSSR count). The van der Waals surface area contributed by atoms with Crippen molar-refractivity contribution in [3.8, 4) is 45.9 Å². The van der Waals surface area contributed by atoms with Gasteiger partial charge in [0.1, 0.15) is 12.1 Å². The summed E-state index contributed by atoms with van der Waals surface area (Å²) in [4.78, 5) is 8.82. The Morgan fingerprint density at radius 2 is 1.10 bits per heavy atom. The molecule has 0 saturated heterocycles. The van der Waals surface area contributed by atoms with Crippen molar-refractivity contribution in [2.45, 2.75) is 25.7 Å². The second-order valence-electron chi connectivity index (χ2n) is 7.50. The standard InChI is InChI=1S/C24H16N2O4/c25-11-21-19-5-1-13-9-15(29-27)3-7-17(13)23(19)24-18-8-4-16(30-28)10-14(18)2-6-20(24)22(21)12-26/h3-4,7-10,27-28H,1-2,5-6H2. The van der Waals surface area contributed by atoms with E-state index in [2.05, 4.69) is 21.9 Å². The summed E-state index contributed by atoms with van der Waals surface area (Å²) in [5, 5.41) is 37.9. The second-order valence-corrected chi connectivity index (χ2v) is 7.50. The van der Waals surface area contributed by atoms with Crippen LogP contribution in [0.2, 0.25) is 0 Å². The van der Waals surface area contributed by atoms with E-state index >= 15 is 0 Å². The second kappa shape index (κ2) is 6.89. The smallest absolute Gasteiger partial charge is 0.165 e. The number of aryl methyl sites for hydroxylation is 2. The summed E-state index contributed by atoms with van der Waals surface area (Å²) in [7, 11) is 0. The first kappa shape index (κ1) is 18.2. The number of nitrogens with zero attached hydrogens (tertiary/aromatic N) is 2. The van der Waals surface area contributed by atoms with Gasteiger partial charge in [-0.15, -0.1) is 0 Å². The zero-order valence-corrected chi connectivity index (χ0v) is 15.9. The summed E-state index contributed by atoms with van der Waals surface area (Å²) in [5.41, 5.74) is 8.60. The third-order valence-electron chi connectivity index (χ3n) is 6.12. The number of hydrogen-bond donors (Lipinski definition) is 2. The predicted octanol–water partition coefficient (Wildman–Crippen LogP) is 4.66. The van der Waals surface area contributed by atoms with Crippen LogP contribution in [0, 0.1) is 22.7 Å². The average molecular weight is 396 g/mol. The molecule has 0 atom stereocenters. The Kier molecular flexibility index (Phi) is 4.18. The molecule has 3 aromatic rings. The highest BCUT2D eigenvalue weighted by atomic mass is 17.1. The molecule has 0 heterocycles. The van der Waals surface area contributed by atoms with Crippen LogP contribution >= 0.6 is 0 Å². The van der Waals surface area contributed by atoms with Crippen LogP contribution in [-0.2, 0) is 25.7 Å². The van der Waals surface area contributed by atoms with Gasteiger partial charge in [-0.05, 0) is 94.5 Å². The van der Waals surface area contributed by atoms with Gasteiger partial charge >= 0.3 is 0 Å². The van der Waals surface area contributed by atoms with E-state index in [0.717, 1.165) is 44.5 Å². The van der Waals surface area contributed by atoms with Gasteiger partial charge in [0.25, 0.3) is 0 Å². The first-order chi connectivity index (χ1) is 14.7. The lowest BCUT2D eigenvalue weighted by Crippen LogP contribution is -2.15. The molecule has 0 amide bonds. The van der Waals surface area contributed by atoms with Crippen molar-refractivity contribution in [1.82, 2.24) is 0 Å². The van der Waals surface area contributed by atoms with Gasteiger partial charge in [-0.1, -0.05) is 12.1 Å². The monoisotopic (exact) mass is 396 g/mol. The topological polar surface area (TPSA) is 107 Å². The lowest BCUT2D eigenvalue weighted by Gasteiger charge is -2.30. The third-order valence-corrected chi connectivity index (χ3v) is 6.12. The molecule has 0 aromatic heterocycles. The Bertz CT molecular complexity index is 1200.